The monoisotopic (exact) mass is 189 g/mol. The first-order chi connectivity index (χ1) is 6.64. The molecule has 0 saturated carbocycles. The van der Waals surface area contributed by atoms with Crippen LogP contribution in [0.5, 0.6) is 5.75 Å². The first kappa shape index (κ1) is 9.04. The van der Waals surface area contributed by atoms with Crippen LogP contribution in [0, 0.1) is 11.3 Å². The van der Waals surface area contributed by atoms with Gasteiger partial charge in [-0.15, -0.1) is 0 Å². The molecule has 72 valence electrons. The molecule has 0 spiro atoms. The molecule has 0 amide bonds. The molecular formula is C11H11NO2. The highest BCUT2D eigenvalue weighted by molar-refractivity contribution is 5.43. The molecular weight excluding hydrogens is 178 g/mol. The summed E-state index contributed by atoms with van der Waals surface area (Å²) in [5.41, 5.74) is 0.443. The summed E-state index contributed by atoms with van der Waals surface area (Å²) in [6, 6.07) is 7.18. The summed E-state index contributed by atoms with van der Waals surface area (Å²) in [5, 5.41) is 28.1. The first-order valence-corrected chi connectivity index (χ1v) is 4.58. The fourth-order valence-corrected chi connectivity index (χ4v) is 1.88. The molecule has 3 nitrogen and oxygen atoms in total. The highest BCUT2D eigenvalue weighted by atomic mass is 16.3. The molecule has 1 atom stereocenters. The largest absolute Gasteiger partial charge is 0.508 e. The highest BCUT2D eigenvalue weighted by Gasteiger charge is 2.33. The Labute approximate surface area is 82.2 Å². The standard InChI is InChI=1S/C11H11NO2/c12-7-11(14)5-4-8-2-1-3-10(13)9(8)6-11/h1-3,13-14H,4-6H2/t11-/m1/s1. The predicted molar refractivity (Wildman–Crippen MR) is 50.7 cm³/mol. The van der Waals surface area contributed by atoms with Crippen molar-refractivity contribution in [3.63, 3.8) is 0 Å². The van der Waals surface area contributed by atoms with Crippen molar-refractivity contribution in [1.29, 1.82) is 5.26 Å². The number of aliphatic hydroxyl groups is 1. The van der Waals surface area contributed by atoms with Gasteiger partial charge in [-0.1, -0.05) is 12.1 Å². The van der Waals surface area contributed by atoms with Crippen LogP contribution in [0.1, 0.15) is 17.5 Å². The van der Waals surface area contributed by atoms with E-state index in [1.165, 1.54) is 0 Å². The lowest BCUT2D eigenvalue weighted by molar-refractivity contribution is 0.0831. The van der Waals surface area contributed by atoms with Gasteiger partial charge in [-0.25, -0.2) is 0 Å². The molecule has 0 bridgehead atoms. The van der Waals surface area contributed by atoms with Crippen molar-refractivity contribution in [2.24, 2.45) is 0 Å². The van der Waals surface area contributed by atoms with Gasteiger partial charge in [0.2, 0.25) is 0 Å². The van der Waals surface area contributed by atoms with E-state index in [-0.39, 0.29) is 12.2 Å². The molecule has 0 aromatic heterocycles. The SMILES string of the molecule is N#C[C@@]1(O)CCc2cccc(O)c2C1. The number of fused-ring (bicyclic) bond motifs is 1. The minimum absolute atomic E-state index is 0.177. The predicted octanol–water partition coefficient (Wildman–Crippen LogP) is 1.14. The average Bonchev–Trinajstić information content (AvgIpc) is 2.20. The molecule has 0 fully saturated rings. The van der Waals surface area contributed by atoms with Gasteiger partial charge < -0.3 is 10.2 Å². The molecule has 2 N–H and O–H groups in total. The third kappa shape index (κ3) is 1.34. The van der Waals surface area contributed by atoms with Gasteiger partial charge in [0.25, 0.3) is 0 Å². The van der Waals surface area contributed by atoms with Crippen LogP contribution in [0.15, 0.2) is 18.2 Å². The molecule has 0 aliphatic heterocycles. The van der Waals surface area contributed by atoms with E-state index >= 15 is 0 Å². The van der Waals surface area contributed by atoms with Crippen molar-refractivity contribution >= 4 is 0 Å². The van der Waals surface area contributed by atoms with E-state index in [0.717, 1.165) is 5.56 Å². The van der Waals surface area contributed by atoms with Gasteiger partial charge in [0.15, 0.2) is 5.60 Å². The maximum absolute atomic E-state index is 9.78. The van der Waals surface area contributed by atoms with E-state index in [2.05, 4.69) is 0 Å². The molecule has 1 aliphatic rings. The fourth-order valence-electron chi connectivity index (χ4n) is 1.88. The molecule has 1 aromatic rings. The Morgan fingerprint density at radius 1 is 1.43 bits per heavy atom. The van der Waals surface area contributed by atoms with Crippen LogP contribution in [-0.4, -0.2) is 15.8 Å². The lowest BCUT2D eigenvalue weighted by atomic mass is 9.81. The van der Waals surface area contributed by atoms with E-state index in [4.69, 9.17) is 5.26 Å². The van der Waals surface area contributed by atoms with Gasteiger partial charge in [-0.2, -0.15) is 5.26 Å². The lowest BCUT2D eigenvalue weighted by Crippen LogP contribution is -2.33. The number of nitriles is 1. The van der Waals surface area contributed by atoms with Crippen LogP contribution >= 0.6 is 0 Å². The maximum atomic E-state index is 9.78. The topological polar surface area (TPSA) is 64.2 Å². The van der Waals surface area contributed by atoms with Gasteiger partial charge in [0.05, 0.1) is 6.07 Å². The summed E-state index contributed by atoms with van der Waals surface area (Å²) in [7, 11) is 0. The number of benzene rings is 1. The smallest absolute Gasteiger partial charge is 0.155 e. The summed E-state index contributed by atoms with van der Waals surface area (Å²) in [6.07, 6.45) is 1.32. The molecule has 0 radical (unpaired) electrons. The number of aryl methyl sites for hydroxylation is 1. The third-order valence-electron chi connectivity index (χ3n) is 2.73. The van der Waals surface area contributed by atoms with Crippen molar-refractivity contribution in [1.82, 2.24) is 0 Å². The molecule has 3 heteroatoms. The van der Waals surface area contributed by atoms with Crippen LogP contribution in [-0.2, 0) is 12.8 Å². The number of aromatic hydroxyl groups is 1. The molecule has 0 saturated heterocycles. The molecule has 2 rings (SSSR count). The Morgan fingerprint density at radius 3 is 2.93 bits per heavy atom. The Morgan fingerprint density at radius 2 is 2.21 bits per heavy atom. The average molecular weight is 189 g/mol. The van der Waals surface area contributed by atoms with Crippen LogP contribution in [0.3, 0.4) is 0 Å². The highest BCUT2D eigenvalue weighted by Crippen LogP contribution is 2.33. The summed E-state index contributed by atoms with van der Waals surface area (Å²) in [6.45, 7) is 0. The maximum Gasteiger partial charge on any atom is 0.155 e. The number of hydrogen-bond acceptors (Lipinski definition) is 3. The molecule has 1 aliphatic carbocycles. The Bertz CT molecular complexity index is 408. The van der Waals surface area contributed by atoms with Crippen molar-refractivity contribution in [2.75, 3.05) is 0 Å². The van der Waals surface area contributed by atoms with Gasteiger partial charge in [-0.05, 0) is 24.5 Å². The Balaban J connectivity index is 2.44. The van der Waals surface area contributed by atoms with Crippen LogP contribution < -0.4 is 0 Å². The summed E-state index contributed by atoms with van der Waals surface area (Å²) < 4.78 is 0. The zero-order valence-corrected chi connectivity index (χ0v) is 7.70. The van der Waals surface area contributed by atoms with E-state index in [1.54, 1.807) is 12.1 Å². The zero-order valence-electron chi connectivity index (χ0n) is 7.70. The normalized spacial score (nSPS) is 25.1. The molecule has 1 aromatic carbocycles. The number of rotatable bonds is 0. The van der Waals surface area contributed by atoms with Crippen LogP contribution in [0.4, 0.5) is 0 Å². The van der Waals surface area contributed by atoms with Crippen molar-refractivity contribution in [3.05, 3.63) is 29.3 Å². The van der Waals surface area contributed by atoms with Gasteiger partial charge in [-0.3, -0.25) is 0 Å². The van der Waals surface area contributed by atoms with Crippen molar-refractivity contribution in [2.45, 2.75) is 24.9 Å². The van der Waals surface area contributed by atoms with E-state index in [1.807, 2.05) is 12.1 Å². The number of nitrogens with zero attached hydrogens (tertiary/aromatic N) is 1. The molecule has 0 unspecified atom stereocenters. The minimum Gasteiger partial charge on any atom is -0.508 e. The van der Waals surface area contributed by atoms with Gasteiger partial charge in [0, 0.05) is 12.0 Å². The second-order valence-electron chi connectivity index (χ2n) is 3.73. The van der Waals surface area contributed by atoms with E-state index in [0.29, 0.717) is 18.4 Å². The first-order valence-electron chi connectivity index (χ1n) is 4.58. The summed E-state index contributed by atoms with van der Waals surface area (Å²) >= 11 is 0. The van der Waals surface area contributed by atoms with Gasteiger partial charge >= 0.3 is 0 Å². The Kier molecular flexibility index (Phi) is 1.94. The minimum atomic E-state index is -1.30. The van der Waals surface area contributed by atoms with E-state index < -0.39 is 5.60 Å². The molecule has 14 heavy (non-hydrogen) atoms. The quantitative estimate of drug-likeness (QED) is 0.601. The lowest BCUT2D eigenvalue weighted by Gasteiger charge is -2.27. The molecule has 0 heterocycles. The summed E-state index contributed by atoms with van der Waals surface area (Å²) in [4.78, 5) is 0. The second kappa shape index (κ2) is 3.00. The number of hydrogen-bond donors (Lipinski definition) is 2. The van der Waals surface area contributed by atoms with Crippen molar-refractivity contribution < 1.29 is 10.2 Å². The van der Waals surface area contributed by atoms with E-state index in [9.17, 15) is 10.2 Å². The summed E-state index contributed by atoms with van der Waals surface area (Å²) in [5.74, 6) is 0.177. The number of phenols is 1. The zero-order chi connectivity index (χ0) is 10.2. The second-order valence-corrected chi connectivity index (χ2v) is 3.73. The van der Waals surface area contributed by atoms with Crippen molar-refractivity contribution in [3.8, 4) is 11.8 Å². The van der Waals surface area contributed by atoms with Crippen LogP contribution in [0.25, 0.3) is 0 Å². The number of phenolic OH excluding ortho intramolecular Hbond substituents is 1. The Hall–Kier alpha value is -1.53. The third-order valence-corrected chi connectivity index (χ3v) is 2.73. The van der Waals surface area contributed by atoms with Gasteiger partial charge in [0.1, 0.15) is 5.75 Å². The van der Waals surface area contributed by atoms with Crippen LogP contribution in [0.2, 0.25) is 0 Å². The fraction of sp³-hybridized carbons (Fsp3) is 0.364.